The van der Waals surface area contributed by atoms with E-state index in [0.717, 1.165) is 5.70 Å². The van der Waals surface area contributed by atoms with Gasteiger partial charge in [-0.1, -0.05) is 0 Å². The van der Waals surface area contributed by atoms with Crippen LogP contribution in [0.3, 0.4) is 0 Å². The Hall–Kier alpha value is -2.28. The molecule has 7 heteroatoms. The molecular formula is C16H16N2O4S. The number of carbonyl (C=O) groups is 2. The molecule has 2 aliphatic rings. The fourth-order valence-corrected chi connectivity index (χ4v) is 3.89. The van der Waals surface area contributed by atoms with E-state index in [9.17, 15) is 9.59 Å². The highest BCUT2D eigenvalue weighted by Crippen LogP contribution is 2.46. The van der Waals surface area contributed by atoms with E-state index in [-0.39, 0.29) is 5.78 Å². The maximum absolute atomic E-state index is 12.3. The normalized spacial score (nSPS) is 20.6. The second kappa shape index (κ2) is 5.73. The first kappa shape index (κ1) is 15.6. The number of rotatable bonds is 3. The van der Waals surface area contributed by atoms with E-state index in [2.05, 4.69) is 4.99 Å². The third-order valence-corrected chi connectivity index (χ3v) is 5.07. The lowest BCUT2D eigenvalue weighted by Gasteiger charge is -2.33. The van der Waals surface area contributed by atoms with Crippen LogP contribution in [0.4, 0.5) is 0 Å². The van der Waals surface area contributed by atoms with Gasteiger partial charge in [-0.15, -0.1) is 0 Å². The smallest absolute Gasteiger partial charge is 0.338 e. The third kappa shape index (κ3) is 2.41. The standard InChI is InChI=1S/C16H16N2O4S/c1-8-12(15(20)21-4)13(11-6-5-7-22-11)18-9(2)14(10(3)19)23-16(18)17-8/h5-7,13H,1-4H3/t13-/m1/s1. The lowest BCUT2D eigenvalue weighted by Crippen LogP contribution is -2.35. The number of ketones is 1. The van der Waals surface area contributed by atoms with E-state index in [1.807, 2.05) is 11.8 Å². The van der Waals surface area contributed by atoms with Crippen molar-refractivity contribution < 1.29 is 18.7 Å². The number of nitrogens with zero attached hydrogens (tertiary/aromatic N) is 2. The van der Waals surface area contributed by atoms with Crippen LogP contribution in [0.15, 0.2) is 49.7 Å². The number of carbonyl (C=O) groups excluding carboxylic acids is 2. The SMILES string of the molecule is COC(=O)C1=C(C)N=C2SC(C(C)=O)=C(C)N2[C@@H]1c1ccco1. The summed E-state index contributed by atoms with van der Waals surface area (Å²) in [5.74, 6) is 0.114. The van der Waals surface area contributed by atoms with Crippen LogP contribution in [-0.4, -0.2) is 28.9 Å². The minimum atomic E-state index is -0.491. The number of esters is 1. The molecule has 0 radical (unpaired) electrons. The molecule has 120 valence electrons. The van der Waals surface area contributed by atoms with Crippen molar-refractivity contribution in [3.05, 3.63) is 46.0 Å². The summed E-state index contributed by atoms with van der Waals surface area (Å²) >= 11 is 1.31. The molecule has 3 rings (SSSR count). The van der Waals surface area contributed by atoms with Gasteiger partial charge in [-0.05, 0) is 44.7 Å². The minimum absolute atomic E-state index is 0.0277. The molecular weight excluding hydrogens is 316 g/mol. The number of ether oxygens (including phenoxy) is 1. The molecule has 0 unspecified atom stereocenters. The first-order valence-electron chi connectivity index (χ1n) is 7.05. The van der Waals surface area contributed by atoms with Crippen molar-refractivity contribution in [2.75, 3.05) is 7.11 Å². The van der Waals surface area contributed by atoms with Gasteiger partial charge in [-0.25, -0.2) is 9.79 Å². The number of thioether (sulfide) groups is 1. The Balaban J connectivity index is 2.19. The first-order chi connectivity index (χ1) is 11.0. The van der Waals surface area contributed by atoms with E-state index in [0.29, 0.717) is 27.1 Å². The van der Waals surface area contributed by atoms with Crippen LogP contribution >= 0.6 is 11.8 Å². The van der Waals surface area contributed by atoms with Gasteiger partial charge in [0.25, 0.3) is 0 Å². The Morgan fingerprint density at radius 2 is 2.13 bits per heavy atom. The number of furan rings is 1. The maximum atomic E-state index is 12.3. The topological polar surface area (TPSA) is 72.1 Å². The summed E-state index contributed by atoms with van der Waals surface area (Å²) in [5, 5.41) is 0.666. The molecule has 2 aliphatic heterocycles. The van der Waals surface area contributed by atoms with Crippen molar-refractivity contribution in [3.63, 3.8) is 0 Å². The fourth-order valence-electron chi connectivity index (χ4n) is 2.79. The van der Waals surface area contributed by atoms with Gasteiger partial charge >= 0.3 is 5.97 Å². The van der Waals surface area contributed by atoms with Gasteiger partial charge in [-0.2, -0.15) is 0 Å². The van der Waals surface area contributed by atoms with Gasteiger partial charge < -0.3 is 14.1 Å². The van der Waals surface area contributed by atoms with Gasteiger partial charge in [0.05, 0.1) is 29.5 Å². The van der Waals surface area contributed by atoms with Crippen LogP contribution in [0.1, 0.15) is 32.6 Å². The van der Waals surface area contributed by atoms with Crippen LogP contribution in [0, 0.1) is 0 Å². The van der Waals surface area contributed by atoms with E-state index in [1.165, 1.54) is 25.8 Å². The van der Waals surface area contributed by atoms with Crippen molar-refractivity contribution >= 4 is 28.7 Å². The monoisotopic (exact) mass is 332 g/mol. The number of aliphatic imine (C=N–C) groups is 1. The molecule has 6 nitrogen and oxygen atoms in total. The molecule has 3 heterocycles. The lowest BCUT2D eigenvalue weighted by atomic mass is 9.99. The molecule has 1 aromatic heterocycles. The molecule has 0 saturated heterocycles. The van der Waals surface area contributed by atoms with Gasteiger partial charge in [0, 0.05) is 5.70 Å². The summed E-state index contributed by atoms with van der Waals surface area (Å²) in [4.78, 5) is 31.1. The number of Topliss-reactive ketones (excluding diaryl/α,β-unsaturated/α-hetero) is 1. The van der Waals surface area contributed by atoms with E-state index < -0.39 is 12.0 Å². The zero-order chi connectivity index (χ0) is 16.7. The second-order valence-corrected chi connectivity index (χ2v) is 6.22. The van der Waals surface area contributed by atoms with Gasteiger partial charge in [0.15, 0.2) is 11.0 Å². The minimum Gasteiger partial charge on any atom is -0.467 e. The molecule has 0 saturated carbocycles. The highest BCUT2D eigenvalue weighted by atomic mass is 32.2. The van der Waals surface area contributed by atoms with Crippen LogP contribution in [0.5, 0.6) is 0 Å². The van der Waals surface area contributed by atoms with E-state index >= 15 is 0 Å². The van der Waals surface area contributed by atoms with Gasteiger partial charge in [0.2, 0.25) is 0 Å². The summed E-state index contributed by atoms with van der Waals surface area (Å²) in [7, 11) is 1.34. The summed E-state index contributed by atoms with van der Waals surface area (Å²) in [6, 6.07) is 3.07. The average molecular weight is 332 g/mol. The molecule has 0 bridgehead atoms. The van der Waals surface area contributed by atoms with Crippen molar-refractivity contribution in [3.8, 4) is 0 Å². The van der Waals surface area contributed by atoms with Crippen LogP contribution in [0.25, 0.3) is 0 Å². The predicted octanol–water partition coefficient (Wildman–Crippen LogP) is 3.01. The highest BCUT2D eigenvalue weighted by molar-refractivity contribution is 8.18. The first-order valence-corrected chi connectivity index (χ1v) is 7.87. The van der Waals surface area contributed by atoms with Crippen molar-refractivity contribution in [2.24, 2.45) is 4.99 Å². The van der Waals surface area contributed by atoms with Crippen LogP contribution < -0.4 is 0 Å². The maximum Gasteiger partial charge on any atom is 0.338 e. The van der Waals surface area contributed by atoms with Crippen molar-refractivity contribution in [2.45, 2.75) is 26.8 Å². The number of allylic oxidation sites excluding steroid dienone is 3. The number of hydrogen-bond acceptors (Lipinski definition) is 7. The summed E-state index contributed by atoms with van der Waals surface area (Å²) in [6.45, 7) is 5.13. The van der Waals surface area contributed by atoms with Crippen LogP contribution in [0.2, 0.25) is 0 Å². The largest absolute Gasteiger partial charge is 0.467 e. The molecule has 0 N–H and O–H groups in total. The number of hydrogen-bond donors (Lipinski definition) is 0. The number of methoxy groups -OCH3 is 1. The molecule has 0 spiro atoms. The molecule has 0 aromatic carbocycles. The summed E-state index contributed by atoms with van der Waals surface area (Å²) < 4.78 is 10.5. The quantitative estimate of drug-likeness (QED) is 0.792. The predicted molar refractivity (Wildman–Crippen MR) is 86.4 cm³/mol. The summed E-state index contributed by atoms with van der Waals surface area (Å²) in [6.07, 6.45) is 1.55. The van der Waals surface area contributed by atoms with Crippen molar-refractivity contribution in [1.29, 1.82) is 0 Å². The molecule has 1 atom stereocenters. The Kier molecular flexibility index (Phi) is 3.89. The Labute approximate surface area is 137 Å². The van der Waals surface area contributed by atoms with E-state index in [1.54, 1.807) is 25.3 Å². The highest BCUT2D eigenvalue weighted by Gasteiger charge is 2.43. The fraction of sp³-hybridized carbons (Fsp3) is 0.312. The zero-order valence-electron chi connectivity index (χ0n) is 13.2. The Bertz CT molecular complexity index is 774. The molecule has 1 aromatic rings. The molecule has 0 fully saturated rings. The Morgan fingerprint density at radius 1 is 1.39 bits per heavy atom. The second-order valence-electron chi connectivity index (χ2n) is 5.25. The molecule has 23 heavy (non-hydrogen) atoms. The number of fused-ring (bicyclic) bond motifs is 1. The lowest BCUT2D eigenvalue weighted by molar-refractivity contribution is -0.136. The van der Waals surface area contributed by atoms with E-state index in [4.69, 9.17) is 9.15 Å². The third-order valence-electron chi connectivity index (χ3n) is 3.81. The summed E-state index contributed by atoms with van der Waals surface area (Å²) in [5.41, 5.74) is 1.74. The number of amidine groups is 1. The van der Waals surface area contributed by atoms with Crippen molar-refractivity contribution in [1.82, 2.24) is 4.90 Å². The van der Waals surface area contributed by atoms with Crippen LogP contribution in [-0.2, 0) is 14.3 Å². The molecule has 0 aliphatic carbocycles. The Morgan fingerprint density at radius 3 is 2.70 bits per heavy atom. The average Bonchev–Trinajstić information content (AvgIpc) is 3.13. The van der Waals surface area contributed by atoms with Gasteiger partial charge in [0.1, 0.15) is 11.8 Å². The van der Waals surface area contributed by atoms with Gasteiger partial charge in [-0.3, -0.25) is 4.79 Å². The molecule has 0 amide bonds. The zero-order valence-corrected chi connectivity index (χ0v) is 14.1.